The highest BCUT2D eigenvalue weighted by atomic mass is 16.7. The van der Waals surface area contributed by atoms with Gasteiger partial charge in [0.2, 0.25) is 0 Å². The molecule has 2 bridgehead atoms. The Morgan fingerprint density at radius 2 is 1.85 bits per heavy atom. The van der Waals surface area contributed by atoms with E-state index in [1.807, 2.05) is 0 Å². The highest BCUT2D eigenvalue weighted by Gasteiger charge is 2.69. The average Bonchev–Trinajstić information content (AvgIpc) is 2.90. The first-order chi connectivity index (χ1) is 12.2. The molecule has 1 spiro atoms. The minimum absolute atomic E-state index is 0.196. The van der Waals surface area contributed by atoms with E-state index < -0.39 is 5.79 Å². The van der Waals surface area contributed by atoms with Crippen molar-refractivity contribution in [2.45, 2.75) is 97.9 Å². The Balaban J connectivity index is 1.52. The van der Waals surface area contributed by atoms with Crippen molar-refractivity contribution >= 4 is 0 Å². The third kappa shape index (κ3) is 2.07. The summed E-state index contributed by atoms with van der Waals surface area (Å²) < 4.78 is 12.7. The molecule has 1 unspecified atom stereocenters. The number of allylic oxidation sites excluding steroid dienone is 2. The molecule has 2 nitrogen and oxygen atoms in total. The van der Waals surface area contributed by atoms with Crippen LogP contribution in [-0.2, 0) is 9.47 Å². The maximum Gasteiger partial charge on any atom is 0.163 e. The molecule has 4 aliphatic carbocycles. The van der Waals surface area contributed by atoms with Gasteiger partial charge in [0.05, 0.1) is 12.7 Å². The van der Waals surface area contributed by atoms with Crippen LogP contribution in [0.5, 0.6) is 0 Å². The molecular weight excluding hydrogens is 320 g/mol. The molecule has 0 aromatic heterocycles. The summed E-state index contributed by atoms with van der Waals surface area (Å²) in [5.41, 5.74) is 3.04. The summed E-state index contributed by atoms with van der Waals surface area (Å²) >= 11 is 0. The van der Waals surface area contributed by atoms with Crippen molar-refractivity contribution in [2.75, 3.05) is 6.61 Å². The molecule has 5 rings (SSSR count). The van der Waals surface area contributed by atoms with Crippen molar-refractivity contribution < 1.29 is 9.47 Å². The zero-order chi connectivity index (χ0) is 18.4. The van der Waals surface area contributed by atoms with Crippen LogP contribution >= 0.6 is 0 Å². The fraction of sp³-hybridized carbons (Fsp3) is 0.917. The van der Waals surface area contributed by atoms with Crippen molar-refractivity contribution in [3.05, 3.63) is 11.6 Å². The van der Waals surface area contributed by atoms with Gasteiger partial charge in [-0.2, -0.15) is 0 Å². The van der Waals surface area contributed by atoms with Crippen LogP contribution in [-0.4, -0.2) is 18.5 Å². The molecule has 0 aromatic carbocycles. The minimum atomic E-state index is -0.405. The van der Waals surface area contributed by atoms with Crippen LogP contribution in [0.2, 0.25) is 0 Å². The quantitative estimate of drug-likeness (QED) is 0.487. The number of rotatable bonds is 0. The highest BCUT2D eigenvalue weighted by Crippen LogP contribution is 2.75. The largest absolute Gasteiger partial charge is 0.350 e. The lowest BCUT2D eigenvalue weighted by Crippen LogP contribution is -2.66. The van der Waals surface area contributed by atoms with Gasteiger partial charge in [0.25, 0.3) is 0 Å². The van der Waals surface area contributed by atoms with E-state index >= 15 is 0 Å². The Morgan fingerprint density at radius 3 is 2.62 bits per heavy atom. The molecule has 0 amide bonds. The third-order valence-electron chi connectivity index (χ3n) is 10.0. The van der Waals surface area contributed by atoms with Gasteiger partial charge in [-0.15, -0.1) is 0 Å². The van der Waals surface area contributed by atoms with Gasteiger partial charge in [0, 0.05) is 5.41 Å². The van der Waals surface area contributed by atoms with Gasteiger partial charge >= 0.3 is 0 Å². The smallest absolute Gasteiger partial charge is 0.163 e. The molecule has 1 aliphatic heterocycles. The van der Waals surface area contributed by atoms with E-state index in [2.05, 4.69) is 40.7 Å². The Labute approximate surface area is 160 Å². The predicted molar refractivity (Wildman–Crippen MR) is 105 cm³/mol. The molecule has 1 saturated heterocycles. The van der Waals surface area contributed by atoms with E-state index in [4.69, 9.17) is 9.47 Å². The average molecular weight is 359 g/mol. The van der Waals surface area contributed by atoms with Crippen LogP contribution in [0.4, 0.5) is 0 Å². The normalized spacial score (nSPS) is 56.6. The molecule has 1 heterocycles. The Morgan fingerprint density at radius 1 is 1.04 bits per heavy atom. The van der Waals surface area contributed by atoms with E-state index in [9.17, 15) is 0 Å². The second-order valence-corrected chi connectivity index (χ2v) is 11.2. The van der Waals surface area contributed by atoms with Gasteiger partial charge in [-0.1, -0.05) is 25.5 Å². The molecule has 146 valence electrons. The second kappa shape index (κ2) is 5.38. The monoisotopic (exact) mass is 358 g/mol. The predicted octanol–water partition coefficient (Wildman–Crippen LogP) is 6.11. The molecule has 5 aliphatic rings. The van der Waals surface area contributed by atoms with Crippen molar-refractivity contribution in [3.8, 4) is 0 Å². The first-order valence-corrected chi connectivity index (χ1v) is 11.2. The second-order valence-electron chi connectivity index (χ2n) is 11.2. The minimum Gasteiger partial charge on any atom is -0.350 e. The van der Waals surface area contributed by atoms with E-state index in [1.54, 1.807) is 5.57 Å². The van der Waals surface area contributed by atoms with Gasteiger partial charge in [-0.25, -0.2) is 0 Å². The van der Waals surface area contributed by atoms with Gasteiger partial charge in [-0.05, 0) is 101 Å². The van der Waals surface area contributed by atoms with E-state index in [1.165, 1.54) is 51.4 Å². The number of fused-ring (bicyclic) bond motifs is 4. The van der Waals surface area contributed by atoms with E-state index in [-0.39, 0.29) is 5.41 Å². The molecule has 4 saturated carbocycles. The molecule has 7 atom stereocenters. The van der Waals surface area contributed by atoms with Crippen molar-refractivity contribution in [1.82, 2.24) is 0 Å². The molecule has 26 heavy (non-hydrogen) atoms. The molecule has 5 fully saturated rings. The number of hydrogen-bond acceptors (Lipinski definition) is 2. The standard InChI is InChI=1S/C24H38O2/c1-6-16-9-12-24-14-17(16)13-18(24)7-8-19-22(4)15-25-21(2,3)26-20(22)10-11-23(19,24)5/h6,17-20H,7-15H2,1-5H3/b16-6-/t17-,18+,19+,20-,22+,23+,24?/m1/s1. The summed E-state index contributed by atoms with van der Waals surface area (Å²) in [4.78, 5) is 0. The number of ether oxygens (including phenoxy) is 2. The van der Waals surface area contributed by atoms with Gasteiger partial charge in [0.15, 0.2) is 5.79 Å². The summed E-state index contributed by atoms with van der Waals surface area (Å²) in [5, 5.41) is 0. The SMILES string of the molecule is C/C=C1/CCC23C[C@H]1C[C@@H]2CC[C@H]1[C@]2(C)COC(C)(C)O[C@@H]2CC[C@@]13C. The zero-order valence-electron chi connectivity index (χ0n) is 17.6. The summed E-state index contributed by atoms with van der Waals surface area (Å²) in [6.45, 7) is 12.5. The summed E-state index contributed by atoms with van der Waals surface area (Å²) in [5.74, 6) is 2.20. The molecule has 0 aromatic rings. The topological polar surface area (TPSA) is 18.5 Å². The summed E-state index contributed by atoms with van der Waals surface area (Å²) in [7, 11) is 0. The summed E-state index contributed by atoms with van der Waals surface area (Å²) in [6.07, 6.45) is 14.0. The van der Waals surface area contributed by atoms with Gasteiger partial charge in [-0.3, -0.25) is 0 Å². The van der Waals surface area contributed by atoms with Crippen LogP contribution in [0.25, 0.3) is 0 Å². The van der Waals surface area contributed by atoms with Gasteiger partial charge < -0.3 is 9.47 Å². The molecule has 2 heteroatoms. The molecule has 0 N–H and O–H groups in total. The van der Waals surface area contributed by atoms with E-state index in [0.717, 1.165) is 24.4 Å². The Hall–Kier alpha value is -0.340. The molecular formula is C24H38O2. The lowest BCUT2D eigenvalue weighted by Gasteiger charge is -2.68. The van der Waals surface area contributed by atoms with Crippen LogP contribution in [0.1, 0.15) is 86.0 Å². The van der Waals surface area contributed by atoms with Crippen molar-refractivity contribution in [1.29, 1.82) is 0 Å². The fourth-order valence-corrected chi connectivity index (χ4v) is 8.77. The lowest BCUT2D eigenvalue weighted by atomic mass is 9.39. The maximum absolute atomic E-state index is 6.49. The third-order valence-corrected chi connectivity index (χ3v) is 10.0. The maximum atomic E-state index is 6.49. The van der Waals surface area contributed by atoms with Crippen LogP contribution in [0, 0.1) is 34.0 Å². The molecule has 0 radical (unpaired) electrons. The number of hydrogen-bond donors (Lipinski definition) is 0. The first kappa shape index (κ1) is 17.7. The zero-order valence-corrected chi connectivity index (χ0v) is 17.6. The lowest BCUT2D eigenvalue weighted by molar-refractivity contribution is -0.351. The highest BCUT2D eigenvalue weighted by molar-refractivity contribution is 5.24. The van der Waals surface area contributed by atoms with Crippen LogP contribution in [0.15, 0.2) is 11.6 Å². The Kier molecular flexibility index (Phi) is 3.67. The fourth-order valence-electron chi connectivity index (χ4n) is 8.77. The van der Waals surface area contributed by atoms with Crippen molar-refractivity contribution in [3.63, 3.8) is 0 Å². The Bertz CT molecular complexity index is 636. The van der Waals surface area contributed by atoms with Crippen molar-refractivity contribution in [2.24, 2.45) is 34.0 Å². The first-order valence-electron chi connectivity index (χ1n) is 11.2. The van der Waals surface area contributed by atoms with Crippen LogP contribution in [0.3, 0.4) is 0 Å². The van der Waals surface area contributed by atoms with Crippen LogP contribution < -0.4 is 0 Å². The van der Waals surface area contributed by atoms with Gasteiger partial charge in [0.1, 0.15) is 0 Å². The van der Waals surface area contributed by atoms with E-state index in [0.29, 0.717) is 16.9 Å². The summed E-state index contributed by atoms with van der Waals surface area (Å²) in [6, 6.07) is 0.